The molecular weight excluding hydrogens is 120 g/mol. The van der Waals surface area contributed by atoms with Gasteiger partial charge in [0.2, 0.25) is 0 Å². The van der Waals surface area contributed by atoms with Crippen molar-refractivity contribution in [3.8, 4) is 0 Å². The molecular formula is C10H18. The van der Waals surface area contributed by atoms with E-state index in [1.54, 1.807) is 0 Å². The third-order valence-corrected chi connectivity index (χ3v) is 1.45. The molecule has 0 bridgehead atoms. The highest BCUT2D eigenvalue weighted by Gasteiger charge is 1.90. The summed E-state index contributed by atoms with van der Waals surface area (Å²) in [6, 6.07) is 0. The van der Waals surface area contributed by atoms with E-state index in [1.807, 2.05) is 13.0 Å². The summed E-state index contributed by atoms with van der Waals surface area (Å²) in [5.41, 5.74) is 4.76. The lowest BCUT2D eigenvalue weighted by Gasteiger charge is -1.98. The highest BCUT2D eigenvalue weighted by atomic mass is 14.0. The molecule has 58 valence electrons. The number of rotatable bonds is 4. The van der Waals surface area contributed by atoms with Crippen LogP contribution in [0.5, 0.6) is 0 Å². The molecule has 0 amide bonds. The lowest BCUT2D eigenvalue weighted by Crippen LogP contribution is -1.79. The normalized spacial score (nSPS) is 8.70. The monoisotopic (exact) mass is 138 g/mol. The highest BCUT2D eigenvalue weighted by Crippen LogP contribution is 2.09. The van der Waals surface area contributed by atoms with Crippen LogP contribution in [0.4, 0.5) is 0 Å². The zero-order chi connectivity index (χ0) is 7.82. The van der Waals surface area contributed by atoms with Gasteiger partial charge in [0.25, 0.3) is 0 Å². The minimum atomic E-state index is 1.22. The average molecular weight is 138 g/mol. The van der Waals surface area contributed by atoms with Crippen molar-refractivity contribution in [1.82, 2.24) is 0 Å². The maximum absolute atomic E-state index is 3.28. The number of allylic oxidation sites excluding steroid dienone is 1. The van der Waals surface area contributed by atoms with Gasteiger partial charge < -0.3 is 0 Å². The molecule has 0 unspecified atom stereocenters. The summed E-state index contributed by atoms with van der Waals surface area (Å²) in [6.45, 7) is 6.46. The first-order chi connectivity index (χ1) is 4.85. The predicted octanol–water partition coefficient (Wildman–Crippen LogP) is 3.69. The van der Waals surface area contributed by atoms with Crippen LogP contribution in [0.25, 0.3) is 0 Å². The molecule has 0 aromatic carbocycles. The Hall–Kier alpha value is -0.480. The van der Waals surface area contributed by atoms with Gasteiger partial charge in [-0.25, -0.2) is 0 Å². The van der Waals surface area contributed by atoms with Crippen LogP contribution in [0.3, 0.4) is 0 Å². The molecule has 0 aliphatic rings. The van der Waals surface area contributed by atoms with E-state index in [9.17, 15) is 0 Å². The zero-order valence-corrected chi connectivity index (χ0v) is 7.41. The smallest absolute Gasteiger partial charge is 0.0247 e. The fraction of sp³-hybridized carbons (Fsp3) is 0.700. The minimum absolute atomic E-state index is 1.22. The van der Waals surface area contributed by atoms with Gasteiger partial charge in [-0.05, 0) is 31.4 Å². The van der Waals surface area contributed by atoms with E-state index in [4.69, 9.17) is 0 Å². The first-order valence-corrected chi connectivity index (χ1v) is 4.24. The molecule has 0 radical (unpaired) electrons. The molecule has 0 heterocycles. The maximum Gasteiger partial charge on any atom is -0.0247 e. The van der Waals surface area contributed by atoms with Crippen molar-refractivity contribution in [2.24, 2.45) is 0 Å². The molecule has 0 fully saturated rings. The van der Waals surface area contributed by atoms with Crippen molar-refractivity contribution >= 4 is 0 Å². The van der Waals surface area contributed by atoms with E-state index in [-0.39, 0.29) is 0 Å². The van der Waals surface area contributed by atoms with Gasteiger partial charge in [0.15, 0.2) is 0 Å². The van der Waals surface area contributed by atoms with Gasteiger partial charge in [0.05, 0.1) is 0 Å². The van der Waals surface area contributed by atoms with Crippen molar-refractivity contribution < 1.29 is 0 Å². The van der Waals surface area contributed by atoms with Gasteiger partial charge in [-0.3, -0.25) is 0 Å². The molecule has 0 aliphatic carbocycles. The van der Waals surface area contributed by atoms with Gasteiger partial charge in [-0.1, -0.05) is 26.7 Å². The highest BCUT2D eigenvalue weighted by molar-refractivity contribution is 5.00. The molecule has 10 heavy (non-hydrogen) atoms. The Morgan fingerprint density at radius 3 is 2.00 bits per heavy atom. The predicted molar refractivity (Wildman–Crippen MR) is 47.1 cm³/mol. The van der Waals surface area contributed by atoms with Gasteiger partial charge in [0, 0.05) is 0 Å². The molecule has 0 rings (SSSR count). The van der Waals surface area contributed by atoms with Crippen molar-refractivity contribution in [3.05, 3.63) is 17.4 Å². The minimum Gasteiger partial charge on any atom is -0.126 e. The topological polar surface area (TPSA) is 0 Å². The molecule has 0 heteroatoms. The van der Waals surface area contributed by atoms with Crippen LogP contribution in [-0.4, -0.2) is 0 Å². The second-order valence-electron chi connectivity index (χ2n) is 2.54. The van der Waals surface area contributed by atoms with Crippen molar-refractivity contribution in [3.63, 3.8) is 0 Å². The van der Waals surface area contributed by atoms with Crippen LogP contribution in [0.15, 0.2) is 17.4 Å². The number of hydrogen-bond acceptors (Lipinski definition) is 0. The Balaban J connectivity index is 3.85. The Bertz CT molecular complexity index is 117. The summed E-state index contributed by atoms with van der Waals surface area (Å²) in [5.74, 6) is 0. The average Bonchev–Trinajstić information content (AvgIpc) is 1.90. The Kier molecular flexibility index (Phi) is 6.32. The van der Waals surface area contributed by atoms with Crippen LogP contribution in [0.1, 0.15) is 46.5 Å². The molecule has 0 saturated carbocycles. The maximum atomic E-state index is 3.28. The third kappa shape index (κ3) is 4.40. The van der Waals surface area contributed by atoms with Crippen LogP contribution < -0.4 is 0 Å². The Labute approximate surface area is 64.6 Å². The van der Waals surface area contributed by atoms with Crippen LogP contribution >= 0.6 is 0 Å². The zero-order valence-electron chi connectivity index (χ0n) is 7.41. The molecule has 0 N–H and O–H groups in total. The van der Waals surface area contributed by atoms with Crippen LogP contribution in [0.2, 0.25) is 0 Å². The van der Waals surface area contributed by atoms with Gasteiger partial charge >= 0.3 is 0 Å². The first-order valence-electron chi connectivity index (χ1n) is 4.24. The molecule has 0 saturated heterocycles. The first kappa shape index (κ1) is 9.52. The SMILES string of the molecule is CC=C=C(CCC)CCC. The molecule has 0 atom stereocenters. The van der Waals surface area contributed by atoms with E-state index < -0.39 is 0 Å². The van der Waals surface area contributed by atoms with Crippen LogP contribution in [-0.2, 0) is 0 Å². The van der Waals surface area contributed by atoms with E-state index in [2.05, 4.69) is 19.6 Å². The second kappa shape index (κ2) is 6.64. The molecule has 0 aromatic heterocycles. The Morgan fingerprint density at radius 2 is 1.70 bits per heavy atom. The summed E-state index contributed by atoms with van der Waals surface area (Å²) in [7, 11) is 0. The lowest BCUT2D eigenvalue weighted by molar-refractivity contribution is 0.805. The quantitative estimate of drug-likeness (QED) is 0.520. The Morgan fingerprint density at radius 1 is 1.20 bits per heavy atom. The van der Waals surface area contributed by atoms with Crippen LogP contribution in [0, 0.1) is 0 Å². The largest absolute Gasteiger partial charge is 0.126 e. The van der Waals surface area contributed by atoms with Crippen molar-refractivity contribution in [2.45, 2.75) is 46.5 Å². The summed E-state index contributed by atoms with van der Waals surface area (Å²) >= 11 is 0. The van der Waals surface area contributed by atoms with Gasteiger partial charge in [-0.2, -0.15) is 0 Å². The van der Waals surface area contributed by atoms with Gasteiger partial charge in [-0.15, -0.1) is 5.73 Å². The summed E-state index contributed by atoms with van der Waals surface area (Å²) in [4.78, 5) is 0. The van der Waals surface area contributed by atoms with Gasteiger partial charge in [0.1, 0.15) is 0 Å². The molecule has 0 aromatic rings. The third-order valence-electron chi connectivity index (χ3n) is 1.45. The van der Waals surface area contributed by atoms with E-state index >= 15 is 0 Å². The van der Waals surface area contributed by atoms with E-state index in [0.717, 1.165) is 0 Å². The van der Waals surface area contributed by atoms with E-state index in [1.165, 1.54) is 31.3 Å². The molecule has 0 aliphatic heterocycles. The molecule has 0 spiro atoms. The standard InChI is InChI=1S/C10H18/c1-4-7-10(8-5-2)9-6-3/h4H,5-6,8-9H2,1-3H3. The van der Waals surface area contributed by atoms with Crippen molar-refractivity contribution in [1.29, 1.82) is 0 Å². The summed E-state index contributed by atoms with van der Waals surface area (Å²) < 4.78 is 0. The fourth-order valence-corrected chi connectivity index (χ4v) is 1.08. The summed E-state index contributed by atoms with van der Waals surface area (Å²) in [5, 5.41) is 0. The lowest BCUT2D eigenvalue weighted by atomic mass is 10.1. The number of hydrogen-bond donors (Lipinski definition) is 0. The van der Waals surface area contributed by atoms with E-state index in [0.29, 0.717) is 0 Å². The van der Waals surface area contributed by atoms with Crippen molar-refractivity contribution in [2.75, 3.05) is 0 Å². The molecule has 0 nitrogen and oxygen atoms in total. The second-order valence-corrected chi connectivity index (χ2v) is 2.54. The summed E-state index contributed by atoms with van der Waals surface area (Å²) in [6.07, 6.45) is 6.95. The fourth-order valence-electron chi connectivity index (χ4n) is 1.08.